The van der Waals surface area contributed by atoms with Crippen molar-refractivity contribution in [3.63, 3.8) is 0 Å². The van der Waals surface area contributed by atoms with E-state index in [1.807, 2.05) is 48.9 Å². The molecule has 7 heteroatoms. The van der Waals surface area contributed by atoms with Gasteiger partial charge in [0.15, 0.2) is 5.82 Å². The number of nitrogens with one attached hydrogen (secondary N) is 2. The van der Waals surface area contributed by atoms with Crippen molar-refractivity contribution in [2.24, 2.45) is 7.05 Å². The number of aromatic amines is 1. The summed E-state index contributed by atoms with van der Waals surface area (Å²) < 4.78 is 1.91. The number of rotatable bonds is 3. The van der Waals surface area contributed by atoms with Gasteiger partial charge in [-0.2, -0.15) is 5.10 Å². The highest BCUT2D eigenvalue weighted by molar-refractivity contribution is 6.07. The van der Waals surface area contributed by atoms with Gasteiger partial charge in [0.2, 0.25) is 0 Å². The molecule has 2 N–H and O–H groups in total. The van der Waals surface area contributed by atoms with Crippen LogP contribution in [0, 0.1) is 6.92 Å². The number of imidazole rings is 1. The number of para-hydroxylation sites is 1. The zero-order chi connectivity index (χ0) is 17.4. The topological polar surface area (TPSA) is 88.5 Å². The Balaban J connectivity index is 1.66. The average molecular weight is 332 g/mol. The molecule has 0 atom stereocenters. The van der Waals surface area contributed by atoms with E-state index in [0.29, 0.717) is 17.1 Å². The predicted octanol–water partition coefficient (Wildman–Crippen LogP) is 2.92. The molecule has 0 saturated carbocycles. The summed E-state index contributed by atoms with van der Waals surface area (Å²) >= 11 is 0. The second-order valence-corrected chi connectivity index (χ2v) is 5.80. The average Bonchev–Trinajstić information content (AvgIpc) is 3.21. The van der Waals surface area contributed by atoms with E-state index in [1.54, 1.807) is 18.5 Å². The molecular weight excluding hydrogens is 316 g/mol. The van der Waals surface area contributed by atoms with E-state index < -0.39 is 0 Å². The maximum atomic E-state index is 12.7. The number of amides is 1. The first-order valence-corrected chi connectivity index (χ1v) is 7.82. The summed E-state index contributed by atoms with van der Waals surface area (Å²) in [6.07, 6.45) is 1.73. The first-order valence-electron chi connectivity index (χ1n) is 7.82. The van der Waals surface area contributed by atoms with Crippen LogP contribution in [0.1, 0.15) is 16.2 Å². The number of aryl methyl sites for hydroxylation is 2. The van der Waals surface area contributed by atoms with E-state index in [4.69, 9.17) is 0 Å². The van der Waals surface area contributed by atoms with E-state index in [2.05, 4.69) is 25.5 Å². The van der Waals surface area contributed by atoms with E-state index >= 15 is 0 Å². The molecule has 0 spiro atoms. The third-order valence-corrected chi connectivity index (χ3v) is 4.00. The Morgan fingerprint density at radius 2 is 2.04 bits per heavy atom. The van der Waals surface area contributed by atoms with Crippen molar-refractivity contribution in [1.29, 1.82) is 0 Å². The smallest absolute Gasteiger partial charge is 0.255 e. The fraction of sp³-hybridized carbons (Fsp3) is 0.111. The number of carbonyl (C=O) groups excluding carboxylic acids is 1. The maximum absolute atomic E-state index is 12.7. The predicted molar refractivity (Wildman–Crippen MR) is 95.2 cm³/mol. The second-order valence-electron chi connectivity index (χ2n) is 5.80. The fourth-order valence-electron chi connectivity index (χ4n) is 2.72. The number of nitrogens with zero attached hydrogens (tertiary/aromatic N) is 4. The van der Waals surface area contributed by atoms with Gasteiger partial charge >= 0.3 is 0 Å². The van der Waals surface area contributed by atoms with Crippen LogP contribution in [0.3, 0.4) is 0 Å². The summed E-state index contributed by atoms with van der Waals surface area (Å²) in [7, 11) is 1.92. The van der Waals surface area contributed by atoms with Crippen molar-refractivity contribution < 1.29 is 4.79 Å². The van der Waals surface area contributed by atoms with Gasteiger partial charge in [-0.15, -0.1) is 0 Å². The molecule has 2 heterocycles. The molecular formula is C18H16N6O. The lowest BCUT2D eigenvalue weighted by atomic mass is 10.1. The summed E-state index contributed by atoms with van der Waals surface area (Å²) in [6.45, 7) is 1.83. The number of H-pyrrole nitrogens is 1. The van der Waals surface area contributed by atoms with Gasteiger partial charge in [0.25, 0.3) is 5.91 Å². The van der Waals surface area contributed by atoms with Crippen molar-refractivity contribution in [3.8, 4) is 11.4 Å². The number of anilines is 1. The van der Waals surface area contributed by atoms with Gasteiger partial charge in [-0.3, -0.25) is 9.89 Å². The van der Waals surface area contributed by atoms with Crippen LogP contribution in [-0.2, 0) is 7.05 Å². The Bertz CT molecular complexity index is 1080. The highest BCUT2D eigenvalue weighted by Gasteiger charge is 2.13. The van der Waals surface area contributed by atoms with Crippen LogP contribution in [0.15, 0.2) is 48.8 Å². The zero-order valence-electron chi connectivity index (χ0n) is 13.8. The van der Waals surface area contributed by atoms with E-state index in [1.165, 1.54) is 0 Å². The molecule has 0 aliphatic carbocycles. The highest BCUT2D eigenvalue weighted by Crippen LogP contribution is 2.25. The molecule has 0 aliphatic heterocycles. The lowest BCUT2D eigenvalue weighted by Crippen LogP contribution is -2.12. The molecule has 0 fully saturated rings. The van der Waals surface area contributed by atoms with Crippen LogP contribution < -0.4 is 5.32 Å². The van der Waals surface area contributed by atoms with Crippen LogP contribution in [0.25, 0.3) is 22.4 Å². The lowest BCUT2D eigenvalue weighted by molar-refractivity contribution is 0.102. The Morgan fingerprint density at radius 3 is 2.84 bits per heavy atom. The highest BCUT2D eigenvalue weighted by atomic mass is 16.1. The van der Waals surface area contributed by atoms with Gasteiger partial charge in [0, 0.05) is 18.2 Å². The summed E-state index contributed by atoms with van der Waals surface area (Å²) in [4.78, 5) is 21.3. The quantitative estimate of drug-likeness (QED) is 0.604. The molecule has 25 heavy (non-hydrogen) atoms. The Morgan fingerprint density at radius 1 is 1.20 bits per heavy atom. The van der Waals surface area contributed by atoms with Crippen molar-refractivity contribution in [2.75, 3.05) is 5.32 Å². The van der Waals surface area contributed by atoms with E-state index in [0.717, 1.165) is 22.4 Å². The van der Waals surface area contributed by atoms with Gasteiger partial charge in [0.05, 0.1) is 23.0 Å². The first kappa shape index (κ1) is 15.1. The van der Waals surface area contributed by atoms with Gasteiger partial charge in [-0.1, -0.05) is 12.1 Å². The molecule has 2 aromatic carbocycles. The molecule has 2 aromatic heterocycles. The van der Waals surface area contributed by atoms with Crippen molar-refractivity contribution in [3.05, 3.63) is 60.2 Å². The molecule has 7 nitrogen and oxygen atoms in total. The Kier molecular flexibility index (Phi) is 3.53. The summed E-state index contributed by atoms with van der Waals surface area (Å²) in [6, 6.07) is 12.9. The minimum Gasteiger partial charge on any atom is -0.334 e. The fourth-order valence-corrected chi connectivity index (χ4v) is 2.72. The van der Waals surface area contributed by atoms with Gasteiger partial charge in [-0.25, -0.2) is 9.97 Å². The van der Waals surface area contributed by atoms with E-state index in [-0.39, 0.29) is 5.91 Å². The van der Waals surface area contributed by atoms with Crippen LogP contribution >= 0.6 is 0 Å². The monoisotopic (exact) mass is 332 g/mol. The zero-order valence-corrected chi connectivity index (χ0v) is 13.8. The third kappa shape index (κ3) is 2.76. The molecule has 1 amide bonds. The molecule has 0 saturated heterocycles. The number of benzene rings is 2. The molecule has 0 bridgehead atoms. The lowest BCUT2D eigenvalue weighted by Gasteiger charge is -2.09. The standard InChI is InChI=1S/C18H16N6O/c1-11-20-17(23-22-11)13-5-3-4-6-14(13)21-18(25)12-7-8-16-15(9-12)19-10-24(16)2/h3-10H,1-2H3,(H,21,25)(H,20,22,23). The van der Waals surface area contributed by atoms with Gasteiger partial charge in [0.1, 0.15) is 5.82 Å². The summed E-state index contributed by atoms with van der Waals surface area (Å²) in [5.74, 6) is 1.07. The SMILES string of the molecule is Cc1nc(-c2ccccc2NC(=O)c2ccc3c(c2)ncn3C)n[nH]1. The van der Waals surface area contributed by atoms with Crippen molar-refractivity contribution in [1.82, 2.24) is 24.7 Å². The Labute approximate surface area is 143 Å². The minimum atomic E-state index is -0.202. The molecule has 4 aromatic rings. The number of aromatic nitrogens is 5. The first-order chi connectivity index (χ1) is 12.1. The maximum Gasteiger partial charge on any atom is 0.255 e. The third-order valence-electron chi connectivity index (χ3n) is 4.00. The molecule has 0 unspecified atom stereocenters. The van der Waals surface area contributed by atoms with Crippen LogP contribution in [0.5, 0.6) is 0 Å². The second kappa shape index (κ2) is 5.86. The van der Waals surface area contributed by atoms with Crippen molar-refractivity contribution >= 4 is 22.6 Å². The van der Waals surface area contributed by atoms with Crippen LogP contribution in [-0.4, -0.2) is 30.6 Å². The Hall–Kier alpha value is -3.48. The number of hydrogen-bond acceptors (Lipinski definition) is 4. The summed E-state index contributed by atoms with van der Waals surface area (Å²) in [5, 5.41) is 9.93. The normalized spacial score (nSPS) is 11.0. The van der Waals surface area contributed by atoms with E-state index in [9.17, 15) is 4.79 Å². The molecule has 0 radical (unpaired) electrons. The van der Waals surface area contributed by atoms with Gasteiger partial charge in [-0.05, 0) is 37.3 Å². The van der Waals surface area contributed by atoms with Crippen LogP contribution in [0.2, 0.25) is 0 Å². The number of hydrogen-bond donors (Lipinski definition) is 2. The molecule has 0 aliphatic rings. The number of carbonyl (C=O) groups is 1. The summed E-state index contributed by atoms with van der Waals surface area (Å²) in [5.41, 5.74) is 3.74. The van der Waals surface area contributed by atoms with Gasteiger partial charge < -0.3 is 9.88 Å². The van der Waals surface area contributed by atoms with Crippen LogP contribution in [0.4, 0.5) is 5.69 Å². The number of fused-ring (bicyclic) bond motifs is 1. The van der Waals surface area contributed by atoms with Crippen molar-refractivity contribution in [2.45, 2.75) is 6.92 Å². The largest absolute Gasteiger partial charge is 0.334 e. The molecule has 4 rings (SSSR count). The minimum absolute atomic E-state index is 0.202. The molecule has 124 valence electrons.